The van der Waals surface area contributed by atoms with Gasteiger partial charge in [0.25, 0.3) is 0 Å². The third-order valence-corrected chi connectivity index (χ3v) is 3.00. The van der Waals surface area contributed by atoms with Gasteiger partial charge in [-0.05, 0) is 6.92 Å². The molecule has 0 aromatic heterocycles. The molecule has 10 heavy (non-hydrogen) atoms. The van der Waals surface area contributed by atoms with Gasteiger partial charge in [0, 0.05) is 0 Å². The number of nitriles is 1. The molecule has 0 heterocycles. The van der Waals surface area contributed by atoms with Crippen LogP contribution in [-0.2, 0) is 11.1 Å². The van der Waals surface area contributed by atoms with Gasteiger partial charge in [-0.2, -0.15) is 5.26 Å². The monoisotopic (exact) mass is 201 g/mol. The Hall–Kier alpha value is 0.180. The molecule has 2 unspecified atom stereocenters. The first kappa shape index (κ1) is 10.2. The van der Waals surface area contributed by atoms with Gasteiger partial charge in [-0.25, -0.2) is 4.21 Å². The minimum absolute atomic E-state index is 0.971. The molecule has 58 valence electrons. The van der Waals surface area contributed by atoms with Crippen molar-refractivity contribution in [1.82, 2.24) is 0 Å². The number of halogens is 2. The zero-order valence-electron chi connectivity index (χ0n) is 5.04. The van der Waals surface area contributed by atoms with E-state index >= 15 is 0 Å². The summed E-state index contributed by atoms with van der Waals surface area (Å²) < 4.78 is 17.0. The standard InChI is InChI=1S/C4H5Cl2NO2S/c1-3(10(8)9)4(5,6)2-7/h3H,1H3,(H,8,9). The Morgan fingerprint density at radius 1 is 1.80 bits per heavy atom. The third-order valence-electron chi connectivity index (χ3n) is 0.962. The third kappa shape index (κ3) is 2.43. The fourth-order valence-electron chi connectivity index (χ4n) is 0.218. The normalized spacial score (nSPS) is 17.5. The SMILES string of the molecule is CC(S(=O)O)C(Cl)(Cl)C#N. The van der Waals surface area contributed by atoms with Crippen LogP contribution in [0.3, 0.4) is 0 Å². The Labute approximate surface area is 71.2 Å². The molecule has 0 fully saturated rings. The highest BCUT2D eigenvalue weighted by Gasteiger charge is 2.35. The van der Waals surface area contributed by atoms with E-state index < -0.39 is 20.7 Å². The van der Waals surface area contributed by atoms with Gasteiger partial charge in [0.15, 0.2) is 11.1 Å². The van der Waals surface area contributed by atoms with Gasteiger partial charge in [0.05, 0.1) is 0 Å². The highest BCUT2D eigenvalue weighted by molar-refractivity contribution is 7.80. The van der Waals surface area contributed by atoms with Crippen molar-refractivity contribution in [2.45, 2.75) is 16.5 Å². The lowest BCUT2D eigenvalue weighted by Crippen LogP contribution is -2.30. The quantitative estimate of drug-likeness (QED) is 0.542. The molecule has 0 aliphatic heterocycles. The van der Waals surface area contributed by atoms with Crippen LogP contribution in [0.2, 0.25) is 0 Å². The summed E-state index contributed by atoms with van der Waals surface area (Å²) in [7, 11) is 0. The molecule has 0 aliphatic carbocycles. The fraction of sp³-hybridized carbons (Fsp3) is 0.750. The molecule has 1 N–H and O–H groups in total. The van der Waals surface area contributed by atoms with E-state index in [0.717, 1.165) is 0 Å². The molecule has 0 bridgehead atoms. The minimum atomic E-state index is -2.17. The summed E-state index contributed by atoms with van der Waals surface area (Å²) >= 11 is 8.47. The van der Waals surface area contributed by atoms with E-state index in [0.29, 0.717) is 0 Å². The highest BCUT2D eigenvalue weighted by atomic mass is 35.5. The summed E-state index contributed by atoms with van der Waals surface area (Å²) in [5.74, 6) is 0. The molecule has 3 nitrogen and oxygen atoms in total. The number of nitrogens with zero attached hydrogens (tertiary/aromatic N) is 1. The van der Waals surface area contributed by atoms with Crippen LogP contribution in [0.15, 0.2) is 0 Å². The zero-order chi connectivity index (χ0) is 8.36. The number of hydrogen-bond acceptors (Lipinski definition) is 2. The van der Waals surface area contributed by atoms with E-state index in [1.165, 1.54) is 13.0 Å². The van der Waals surface area contributed by atoms with Crippen LogP contribution in [0, 0.1) is 11.3 Å². The van der Waals surface area contributed by atoms with Crippen LogP contribution in [0.5, 0.6) is 0 Å². The molecule has 0 aliphatic rings. The van der Waals surface area contributed by atoms with E-state index in [-0.39, 0.29) is 0 Å². The Bertz CT molecular complexity index is 188. The molecule has 2 atom stereocenters. The first-order chi connectivity index (χ1) is 4.41. The maximum Gasteiger partial charge on any atom is 0.219 e. The van der Waals surface area contributed by atoms with Crippen molar-refractivity contribution >= 4 is 34.3 Å². The van der Waals surface area contributed by atoms with Crippen molar-refractivity contribution in [3.8, 4) is 6.07 Å². The number of rotatable bonds is 2. The van der Waals surface area contributed by atoms with E-state index in [2.05, 4.69) is 0 Å². The topological polar surface area (TPSA) is 61.1 Å². The summed E-state index contributed by atoms with van der Waals surface area (Å²) in [6.07, 6.45) is 0. The first-order valence-electron chi connectivity index (χ1n) is 2.30. The Balaban J connectivity index is 4.37. The first-order valence-corrected chi connectivity index (χ1v) is 4.23. The fourth-order valence-corrected chi connectivity index (χ4v) is 0.981. The predicted molar refractivity (Wildman–Crippen MR) is 40.3 cm³/mol. The summed E-state index contributed by atoms with van der Waals surface area (Å²) in [4.78, 5) is 0. The zero-order valence-corrected chi connectivity index (χ0v) is 7.37. The molecule has 0 aromatic rings. The largest absolute Gasteiger partial charge is 0.306 e. The Kier molecular flexibility index (Phi) is 3.60. The summed E-state index contributed by atoms with van der Waals surface area (Å²) in [6.45, 7) is 1.32. The van der Waals surface area contributed by atoms with E-state index in [1.807, 2.05) is 0 Å². The van der Waals surface area contributed by atoms with Gasteiger partial charge in [0.1, 0.15) is 11.3 Å². The van der Waals surface area contributed by atoms with Crippen molar-refractivity contribution in [2.75, 3.05) is 0 Å². The van der Waals surface area contributed by atoms with Gasteiger partial charge in [-0.3, -0.25) is 0 Å². The summed E-state index contributed by atoms with van der Waals surface area (Å²) in [5, 5.41) is 7.28. The highest BCUT2D eigenvalue weighted by Crippen LogP contribution is 2.26. The van der Waals surface area contributed by atoms with Crippen molar-refractivity contribution < 1.29 is 8.76 Å². The molecule has 0 radical (unpaired) electrons. The number of hydrogen-bond donors (Lipinski definition) is 1. The molecule has 0 aromatic carbocycles. The van der Waals surface area contributed by atoms with Gasteiger partial charge >= 0.3 is 0 Å². The predicted octanol–water partition coefficient (Wildman–Crippen LogP) is 1.29. The van der Waals surface area contributed by atoms with Gasteiger partial charge in [-0.1, -0.05) is 23.2 Å². The summed E-state index contributed by atoms with van der Waals surface area (Å²) in [5.41, 5.74) is 0. The van der Waals surface area contributed by atoms with E-state index in [4.69, 9.17) is 33.0 Å². The van der Waals surface area contributed by atoms with Crippen molar-refractivity contribution in [2.24, 2.45) is 0 Å². The van der Waals surface area contributed by atoms with Crippen molar-refractivity contribution in [1.29, 1.82) is 5.26 Å². The average Bonchev–Trinajstić information content (AvgIpc) is 1.86. The van der Waals surface area contributed by atoms with Gasteiger partial charge in [0.2, 0.25) is 4.33 Å². The molecule has 0 rings (SSSR count). The maximum atomic E-state index is 10.3. The maximum absolute atomic E-state index is 10.3. The smallest absolute Gasteiger partial charge is 0.219 e. The van der Waals surface area contributed by atoms with Crippen LogP contribution in [0.25, 0.3) is 0 Å². The Morgan fingerprint density at radius 2 is 2.20 bits per heavy atom. The van der Waals surface area contributed by atoms with Crippen molar-refractivity contribution in [3.05, 3.63) is 0 Å². The lowest BCUT2D eigenvalue weighted by Gasteiger charge is -2.14. The second-order valence-corrected chi connectivity index (χ2v) is 4.30. The van der Waals surface area contributed by atoms with E-state index in [9.17, 15) is 4.21 Å². The van der Waals surface area contributed by atoms with Gasteiger partial charge in [-0.15, -0.1) is 0 Å². The van der Waals surface area contributed by atoms with Crippen LogP contribution in [-0.4, -0.2) is 18.3 Å². The van der Waals surface area contributed by atoms with Crippen LogP contribution >= 0.6 is 23.2 Å². The second kappa shape index (κ2) is 3.54. The van der Waals surface area contributed by atoms with Gasteiger partial charge < -0.3 is 4.55 Å². The van der Waals surface area contributed by atoms with Crippen LogP contribution in [0.1, 0.15) is 6.92 Å². The summed E-state index contributed by atoms with van der Waals surface area (Å²) in [6, 6.07) is 1.50. The average molecular weight is 202 g/mol. The molecular formula is C4H5Cl2NO2S. The molecule has 0 saturated heterocycles. The Morgan fingerprint density at radius 3 is 2.30 bits per heavy atom. The van der Waals surface area contributed by atoms with Crippen LogP contribution < -0.4 is 0 Å². The molecule has 0 amide bonds. The molecule has 0 spiro atoms. The lowest BCUT2D eigenvalue weighted by molar-refractivity contribution is 0.549. The molecular weight excluding hydrogens is 197 g/mol. The van der Waals surface area contributed by atoms with Crippen LogP contribution in [0.4, 0.5) is 0 Å². The molecule has 6 heteroatoms. The number of alkyl halides is 2. The lowest BCUT2D eigenvalue weighted by atomic mass is 10.3. The van der Waals surface area contributed by atoms with E-state index in [1.54, 1.807) is 0 Å². The molecule has 0 saturated carbocycles. The second-order valence-electron chi connectivity index (χ2n) is 1.65. The van der Waals surface area contributed by atoms with Crippen molar-refractivity contribution in [3.63, 3.8) is 0 Å². The minimum Gasteiger partial charge on any atom is -0.306 e.